The maximum Gasteiger partial charge on any atom is 0.00300 e. The summed E-state index contributed by atoms with van der Waals surface area (Å²) in [6.07, 6.45) is 2.76. The number of nitrogens with one attached hydrogen (secondary N) is 1. The number of likely N-dealkylation sites (tertiary alicyclic amines) is 1. The van der Waals surface area contributed by atoms with Gasteiger partial charge in [0.05, 0.1) is 0 Å². The van der Waals surface area contributed by atoms with Crippen molar-refractivity contribution in [3.8, 4) is 0 Å². The highest BCUT2D eigenvalue weighted by molar-refractivity contribution is 5.85. The van der Waals surface area contributed by atoms with Crippen molar-refractivity contribution in [2.45, 2.75) is 40.5 Å². The maximum atomic E-state index is 3.46. The lowest BCUT2D eigenvalue weighted by molar-refractivity contribution is 0.136. The highest BCUT2D eigenvalue weighted by atomic mass is 35.5. The van der Waals surface area contributed by atoms with Gasteiger partial charge >= 0.3 is 0 Å². The van der Waals surface area contributed by atoms with E-state index in [1.807, 2.05) is 0 Å². The molecule has 1 heterocycles. The first-order chi connectivity index (χ1) is 7.01. The number of hydrogen-bond acceptors (Lipinski definition) is 2. The Labute approximate surface area is 108 Å². The van der Waals surface area contributed by atoms with E-state index in [2.05, 4.69) is 37.9 Å². The van der Waals surface area contributed by atoms with E-state index in [1.165, 1.54) is 39.0 Å². The number of piperidine rings is 1. The van der Waals surface area contributed by atoms with Crippen molar-refractivity contribution in [1.82, 2.24) is 10.2 Å². The molecule has 0 amide bonds. The second-order valence-electron chi connectivity index (χ2n) is 6.09. The van der Waals surface area contributed by atoms with Crippen LogP contribution in [0.5, 0.6) is 0 Å². The maximum absolute atomic E-state index is 3.46. The number of hydrogen-bond donors (Lipinski definition) is 1. The van der Waals surface area contributed by atoms with E-state index in [0.717, 1.165) is 12.5 Å². The predicted octanol–water partition coefficient (Wildman–Crippen LogP) is 2.78. The molecule has 0 atom stereocenters. The van der Waals surface area contributed by atoms with Gasteiger partial charge in [-0.15, -0.1) is 12.4 Å². The van der Waals surface area contributed by atoms with Crippen LogP contribution in [0.15, 0.2) is 0 Å². The van der Waals surface area contributed by atoms with Crippen LogP contribution in [0.1, 0.15) is 40.5 Å². The van der Waals surface area contributed by atoms with Crippen LogP contribution in [0, 0.1) is 11.3 Å². The zero-order valence-electron chi connectivity index (χ0n) is 11.4. The Hall–Kier alpha value is 0.210. The summed E-state index contributed by atoms with van der Waals surface area (Å²) in [5.41, 5.74) is 0.453. The molecule has 0 aromatic rings. The van der Waals surface area contributed by atoms with Gasteiger partial charge in [0.25, 0.3) is 0 Å². The molecular formula is C13H29ClN2. The molecule has 1 aliphatic rings. The minimum Gasteiger partial charge on any atom is -0.317 e. The van der Waals surface area contributed by atoms with Gasteiger partial charge in [-0.05, 0) is 50.4 Å². The summed E-state index contributed by atoms with van der Waals surface area (Å²) in [5.74, 6) is 0.918. The van der Waals surface area contributed by atoms with Gasteiger partial charge in [0.15, 0.2) is 0 Å². The Morgan fingerprint density at radius 1 is 1.19 bits per heavy atom. The molecule has 0 aliphatic carbocycles. The van der Waals surface area contributed by atoms with Gasteiger partial charge < -0.3 is 10.2 Å². The largest absolute Gasteiger partial charge is 0.317 e. The van der Waals surface area contributed by atoms with Gasteiger partial charge in [-0.1, -0.05) is 27.7 Å². The summed E-state index contributed by atoms with van der Waals surface area (Å²) in [6, 6.07) is 0. The normalized spacial score (nSPS) is 19.5. The topological polar surface area (TPSA) is 15.3 Å². The molecule has 1 N–H and O–H groups in total. The molecule has 0 unspecified atom stereocenters. The second kappa shape index (κ2) is 7.52. The fourth-order valence-electron chi connectivity index (χ4n) is 2.37. The molecule has 0 bridgehead atoms. The molecule has 1 fully saturated rings. The van der Waals surface area contributed by atoms with Crippen molar-refractivity contribution < 1.29 is 0 Å². The van der Waals surface area contributed by atoms with Crippen LogP contribution in [0.3, 0.4) is 0 Å². The molecule has 0 aromatic heterocycles. The van der Waals surface area contributed by atoms with Gasteiger partial charge in [0, 0.05) is 6.54 Å². The van der Waals surface area contributed by atoms with Gasteiger partial charge in [0.1, 0.15) is 0 Å². The second-order valence-corrected chi connectivity index (χ2v) is 6.09. The zero-order chi connectivity index (χ0) is 11.3. The van der Waals surface area contributed by atoms with Gasteiger partial charge in [0.2, 0.25) is 0 Å². The highest BCUT2D eigenvalue weighted by Gasteiger charge is 2.22. The monoisotopic (exact) mass is 248 g/mol. The summed E-state index contributed by atoms with van der Waals surface area (Å²) in [5, 5.41) is 3.46. The standard InChI is InChI=1S/C13H28N2.ClH/c1-5-14-10-12-6-8-15(9-7-12)11-13(2,3)4;/h12,14H,5-11H2,1-4H3;1H. The molecule has 2 nitrogen and oxygen atoms in total. The molecule has 0 aromatic carbocycles. The smallest absolute Gasteiger partial charge is 0.00300 e. The van der Waals surface area contributed by atoms with Crippen LogP contribution in [0.4, 0.5) is 0 Å². The minimum atomic E-state index is 0. The summed E-state index contributed by atoms with van der Waals surface area (Å²) >= 11 is 0. The molecular weight excluding hydrogens is 220 g/mol. The Morgan fingerprint density at radius 2 is 1.75 bits per heavy atom. The number of halogens is 1. The summed E-state index contributed by atoms with van der Waals surface area (Å²) in [7, 11) is 0. The number of rotatable bonds is 4. The van der Waals surface area contributed by atoms with E-state index in [9.17, 15) is 0 Å². The Balaban J connectivity index is 0.00000225. The van der Waals surface area contributed by atoms with Crippen molar-refractivity contribution in [2.75, 3.05) is 32.7 Å². The fourth-order valence-corrected chi connectivity index (χ4v) is 2.37. The summed E-state index contributed by atoms with van der Waals surface area (Å²) in [4.78, 5) is 2.63. The lowest BCUT2D eigenvalue weighted by Gasteiger charge is -2.36. The lowest BCUT2D eigenvalue weighted by Crippen LogP contribution is -2.41. The first-order valence-corrected chi connectivity index (χ1v) is 6.44. The Kier molecular flexibility index (Phi) is 7.62. The zero-order valence-corrected chi connectivity index (χ0v) is 12.2. The van der Waals surface area contributed by atoms with Crippen molar-refractivity contribution in [3.63, 3.8) is 0 Å². The Bertz CT molecular complexity index is 169. The van der Waals surface area contributed by atoms with Crippen molar-refractivity contribution in [3.05, 3.63) is 0 Å². The molecule has 1 rings (SSSR count). The molecule has 0 saturated carbocycles. The van der Waals surface area contributed by atoms with E-state index in [1.54, 1.807) is 0 Å². The third kappa shape index (κ3) is 6.72. The van der Waals surface area contributed by atoms with Crippen LogP contribution in [-0.4, -0.2) is 37.6 Å². The summed E-state index contributed by atoms with van der Waals surface area (Å²) in [6.45, 7) is 15.4. The first-order valence-electron chi connectivity index (χ1n) is 6.44. The van der Waals surface area contributed by atoms with E-state index >= 15 is 0 Å². The van der Waals surface area contributed by atoms with Crippen molar-refractivity contribution in [1.29, 1.82) is 0 Å². The number of nitrogens with zero attached hydrogens (tertiary/aromatic N) is 1. The molecule has 0 spiro atoms. The average Bonchev–Trinajstić information content (AvgIpc) is 2.14. The Morgan fingerprint density at radius 3 is 2.19 bits per heavy atom. The molecule has 1 aliphatic heterocycles. The lowest BCUT2D eigenvalue weighted by atomic mass is 9.92. The van der Waals surface area contributed by atoms with Gasteiger partial charge in [-0.25, -0.2) is 0 Å². The van der Waals surface area contributed by atoms with Crippen LogP contribution < -0.4 is 5.32 Å². The third-order valence-corrected chi connectivity index (χ3v) is 3.09. The molecule has 1 saturated heterocycles. The quantitative estimate of drug-likeness (QED) is 0.823. The predicted molar refractivity (Wildman–Crippen MR) is 74.4 cm³/mol. The van der Waals surface area contributed by atoms with Crippen LogP contribution in [0.2, 0.25) is 0 Å². The van der Waals surface area contributed by atoms with E-state index in [-0.39, 0.29) is 12.4 Å². The highest BCUT2D eigenvalue weighted by Crippen LogP contribution is 2.21. The first kappa shape index (κ1) is 16.2. The molecule has 0 radical (unpaired) electrons. The average molecular weight is 249 g/mol. The van der Waals surface area contributed by atoms with Crippen LogP contribution >= 0.6 is 12.4 Å². The van der Waals surface area contributed by atoms with E-state index in [0.29, 0.717) is 5.41 Å². The van der Waals surface area contributed by atoms with Crippen molar-refractivity contribution >= 4 is 12.4 Å². The third-order valence-electron chi connectivity index (χ3n) is 3.09. The van der Waals surface area contributed by atoms with Crippen LogP contribution in [-0.2, 0) is 0 Å². The molecule has 16 heavy (non-hydrogen) atoms. The fraction of sp³-hybridized carbons (Fsp3) is 1.00. The molecule has 3 heteroatoms. The van der Waals surface area contributed by atoms with E-state index in [4.69, 9.17) is 0 Å². The SMILES string of the molecule is CCNCC1CCN(CC(C)(C)C)CC1.Cl. The van der Waals surface area contributed by atoms with E-state index < -0.39 is 0 Å². The van der Waals surface area contributed by atoms with Crippen LogP contribution in [0.25, 0.3) is 0 Å². The summed E-state index contributed by atoms with van der Waals surface area (Å²) < 4.78 is 0. The molecule has 98 valence electrons. The van der Waals surface area contributed by atoms with Gasteiger partial charge in [-0.3, -0.25) is 0 Å². The van der Waals surface area contributed by atoms with Crippen molar-refractivity contribution in [2.24, 2.45) is 11.3 Å². The van der Waals surface area contributed by atoms with Gasteiger partial charge in [-0.2, -0.15) is 0 Å². The minimum absolute atomic E-state index is 0.